The van der Waals surface area contributed by atoms with Crippen molar-refractivity contribution in [2.24, 2.45) is 11.8 Å². The molecule has 2 N–H and O–H groups in total. The Bertz CT molecular complexity index is 425. The summed E-state index contributed by atoms with van der Waals surface area (Å²) in [4.78, 5) is 0. The van der Waals surface area contributed by atoms with E-state index in [1.807, 2.05) is 0 Å². The van der Waals surface area contributed by atoms with Crippen LogP contribution in [0.1, 0.15) is 53.4 Å². The first-order valence-corrected chi connectivity index (χ1v) is 9.36. The maximum Gasteiger partial charge on any atom is 0.288 e. The summed E-state index contributed by atoms with van der Waals surface area (Å²) in [6.07, 6.45) is 0.915. The van der Waals surface area contributed by atoms with Gasteiger partial charge in [0.25, 0.3) is 20.2 Å². The van der Waals surface area contributed by atoms with Crippen LogP contribution in [0.3, 0.4) is 0 Å². The van der Waals surface area contributed by atoms with E-state index in [1.165, 1.54) is 0 Å². The largest absolute Gasteiger partial charge is 0.288 e. The van der Waals surface area contributed by atoms with Crippen LogP contribution in [0.25, 0.3) is 0 Å². The highest BCUT2D eigenvalue weighted by Gasteiger charge is 2.62. The van der Waals surface area contributed by atoms with Gasteiger partial charge in [-0.3, -0.25) is 9.11 Å². The topological polar surface area (TPSA) is 109 Å². The molecule has 0 aromatic rings. The Balaban J connectivity index is 6.54. The van der Waals surface area contributed by atoms with Crippen molar-refractivity contribution in [3.63, 3.8) is 0 Å². The first-order valence-electron chi connectivity index (χ1n) is 6.48. The highest BCUT2D eigenvalue weighted by atomic mass is 32.3. The van der Waals surface area contributed by atoms with E-state index in [2.05, 4.69) is 0 Å². The van der Waals surface area contributed by atoms with E-state index in [1.54, 1.807) is 27.7 Å². The normalized spacial score (nSPS) is 14.3. The van der Waals surface area contributed by atoms with Crippen LogP contribution in [0, 0.1) is 11.8 Å². The summed E-state index contributed by atoms with van der Waals surface area (Å²) in [6.45, 7) is 6.56. The molecule has 0 saturated carbocycles. The van der Waals surface area contributed by atoms with Crippen LogP contribution in [-0.2, 0) is 20.2 Å². The lowest BCUT2D eigenvalue weighted by Gasteiger charge is -2.39. The Labute approximate surface area is 116 Å². The van der Waals surface area contributed by atoms with E-state index in [4.69, 9.17) is 0 Å². The molecule has 0 aliphatic carbocycles. The van der Waals surface area contributed by atoms with Crippen LogP contribution >= 0.6 is 0 Å². The standard InChI is InChI=1S/C11H24O6S2/c1-5-9(6-2)11(18(12,13)14,19(15,16)17)10(7-3)8-4/h9-10H,5-8H2,1-4H3,(H,12,13,14)(H,15,16,17). The number of rotatable bonds is 8. The molecule has 0 radical (unpaired) electrons. The lowest BCUT2D eigenvalue weighted by atomic mass is 9.86. The lowest BCUT2D eigenvalue weighted by molar-refractivity contribution is 0.261. The van der Waals surface area contributed by atoms with E-state index in [0.29, 0.717) is 0 Å². The maximum absolute atomic E-state index is 11.8. The van der Waals surface area contributed by atoms with E-state index >= 15 is 0 Å². The van der Waals surface area contributed by atoms with Gasteiger partial charge in [0.15, 0.2) is 0 Å². The fourth-order valence-electron chi connectivity index (χ4n) is 3.02. The van der Waals surface area contributed by atoms with Crippen molar-refractivity contribution in [1.29, 1.82) is 0 Å². The van der Waals surface area contributed by atoms with Gasteiger partial charge in [-0.15, -0.1) is 0 Å². The minimum atomic E-state index is -4.97. The van der Waals surface area contributed by atoms with Crippen LogP contribution in [0.4, 0.5) is 0 Å². The molecule has 0 spiro atoms. The fourth-order valence-corrected chi connectivity index (χ4v) is 7.11. The molecule has 0 bridgehead atoms. The van der Waals surface area contributed by atoms with Crippen LogP contribution < -0.4 is 0 Å². The predicted molar refractivity (Wildman–Crippen MR) is 74.0 cm³/mol. The molecular formula is C11H24O6S2. The summed E-state index contributed by atoms with van der Waals surface area (Å²) in [6, 6.07) is 0. The Hall–Kier alpha value is -0.180. The number of hydrogen-bond acceptors (Lipinski definition) is 4. The Morgan fingerprint density at radius 3 is 1.05 bits per heavy atom. The Morgan fingerprint density at radius 2 is 0.947 bits per heavy atom. The predicted octanol–water partition coefficient (Wildman–Crippen LogP) is 2.33. The average Bonchev–Trinajstić information content (AvgIpc) is 2.26. The Morgan fingerprint density at radius 1 is 0.737 bits per heavy atom. The summed E-state index contributed by atoms with van der Waals surface area (Å²) in [5, 5.41) is 0. The van der Waals surface area contributed by atoms with Crippen molar-refractivity contribution in [3.05, 3.63) is 0 Å². The number of hydrogen-bond donors (Lipinski definition) is 2. The van der Waals surface area contributed by atoms with Crippen LogP contribution in [0.15, 0.2) is 0 Å². The molecule has 0 aromatic heterocycles. The molecule has 6 nitrogen and oxygen atoms in total. The monoisotopic (exact) mass is 316 g/mol. The summed E-state index contributed by atoms with van der Waals surface area (Å²) in [5.74, 6) is -1.72. The van der Waals surface area contributed by atoms with Crippen LogP contribution in [-0.4, -0.2) is 30.0 Å². The van der Waals surface area contributed by atoms with Gasteiger partial charge in [-0.2, -0.15) is 16.8 Å². The molecule has 0 aliphatic heterocycles. The second-order valence-electron chi connectivity index (χ2n) is 4.70. The van der Waals surface area contributed by atoms with Gasteiger partial charge in [-0.25, -0.2) is 0 Å². The van der Waals surface area contributed by atoms with Gasteiger partial charge in [0.2, 0.25) is 4.08 Å². The summed E-state index contributed by atoms with van der Waals surface area (Å²) in [5.41, 5.74) is 0. The minimum absolute atomic E-state index is 0.229. The van der Waals surface area contributed by atoms with Gasteiger partial charge in [0, 0.05) is 0 Å². The molecule has 0 aromatic carbocycles. The van der Waals surface area contributed by atoms with Crippen LogP contribution in [0.2, 0.25) is 0 Å². The Kier molecular flexibility index (Phi) is 6.45. The van der Waals surface area contributed by atoms with Gasteiger partial charge in [0.05, 0.1) is 0 Å². The molecule has 116 valence electrons. The fraction of sp³-hybridized carbons (Fsp3) is 1.00. The van der Waals surface area contributed by atoms with Crippen molar-refractivity contribution in [3.8, 4) is 0 Å². The maximum atomic E-state index is 11.8. The van der Waals surface area contributed by atoms with E-state index in [0.717, 1.165) is 0 Å². The molecule has 0 fully saturated rings. The molecule has 0 atom stereocenters. The first kappa shape index (κ1) is 18.8. The van der Waals surface area contributed by atoms with Gasteiger partial charge in [-0.05, 0) is 11.8 Å². The van der Waals surface area contributed by atoms with Crippen molar-refractivity contribution >= 4 is 20.2 Å². The second-order valence-corrected chi connectivity index (χ2v) is 8.21. The molecule has 8 heteroatoms. The third kappa shape index (κ3) is 3.12. The van der Waals surface area contributed by atoms with E-state index < -0.39 is 36.2 Å². The zero-order valence-electron chi connectivity index (χ0n) is 11.8. The molecule has 0 amide bonds. The van der Waals surface area contributed by atoms with Crippen molar-refractivity contribution in [2.45, 2.75) is 57.5 Å². The molecule has 0 heterocycles. The van der Waals surface area contributed by atoms with E-state index in [-0.39, 0.29) is 25.7 Å². The van der Waals surface area contributed by atoms with Crippen molar-refractivity contribution in [1.82, 2.24) is 0 Å². The second kappa shape index (κ2) is 6.51. The molecule has 0 unspecified atom stereocenters. The van der Waals surface area contributed by atoms with Gasteiger partial charge >= 0.3 is 0 Å². The molecule has 0 aliphatic rings. The quantitative estimate of drug-likeness (QED) is 0.665. The summed E-state index contributed by atoms with van der Waals surface area (Å²) in [7, 11) is -9.94. The smallest absolute Gasteiger partial charge is 0.284 e. The summed E-state index contributed by atoms with van der Waals surface area (Å²) < 4.78 is 63.9. The lowest BCUT2D eigenvalue weighted by Crippen LogP contribution is -2.56. The molecule has 0 saturated heterocycles. The zero-order chi connectivity index (χ0) is 15.5. The average molecular weight is 316 g/mol. The molecule has 0 rings (SSSR count). The van der Waals surface area contributed by atoms with E-state index in [9.17, 15) is 25.9 Å². The van der Waals surface area contributed by atoms with Crippen LogP contribution in [0.5, 0.6) is 0 Å². The van der Waals surface area contributed by atoms with Gasteiger partial charge in [-0.1, -0.05) is 53.4 Å². The highest BCUT2D eigenvalue weighted by Crippen LogP contribution is 2.45. The molecular weight excluding hydrogens is 292 g/mol. The third-order valence-corrected chi connectivity index (χ3v) is 8.13. The highest BCUT2D eigenvalue weighted by molar-refractivity contribution is 8.05. The summed E-state index contributed by atoms with van der Waals surface area (Å²) >= 11 is 0. The van der Waals surface area contributed by atoms with Crippen molar-refractivity contribution in [2.75, 3.05) is 0 Å². The first-order chi connectivity index (χ1) is 8.54. The third-order valence-electron chi connectivity index (χ3n) is 3.92. The minimum Gasteiger partial charge on any atom is -0.284 e. The van der Waals surface area contributed by atoms with Gasteiger partial charge < -0.3 is 0 Å². The van der Waals surface area contributed by atoms with Gasteiger partial charge in [0.1, 0.15) is 0 Å². The zero-order valence-corrected chi connectivity index (χ0v) is 13.5. The SMILES string of the molecule is CCC(CC)C(C(CC)CC)(S(=O)(=O)O)S(=O)(=O)O. The molecule has 19 heavy (non-hydrogen) atoms. The van der Waals surface area contributed by atoms with Crippen molar-refractivity contribution < 1.29 is 25.9 Å².